The van der Waals surface area contributed by atoms with E-state index in [0.29, 0.717) is 34.4 Å². The molecule has 1 atom stereocenters. The van der Waals surface area contributed by atoms with E-state index in [4.69, 9.17) is 24.7 Å². The highest BCUT2D eigenvalue weighted by atomic mass is 32.1. The molecule has 0 aliphatic heterocycles. The van der Waals surface area contributed by atoms with Crippen LogP contribution in [0.15, 0.2) is 35.7 Å². The van der Waals surface area contributed by atoms with Gasteiger partial charge in [0.05, 0.1) is 39.8 Å². The second kappa shape index (κ2) is 11.5. The monoisotopic (exact) mass is 501 g/mol. The van der Waals surface area contributed by atoms with Crippen LogP contribution in [0, 0.1) is 0 Å². The van der Waals surface area contributed by atoms with Crippen molar-refractivity contribution in [1.29, 1.82) is 0 Å². The molecule has 3 rings (SSSR count). The summed E-state index contributed by atoms with van der Waals surface area (Å²) < 4.78 is 26.4. The van der Waals surface area contributed by atoms with Crippen LogP contribution >= 0.6 is 11.5 Å². The number of anilines is 1. The molecule has 0 fully saturated rings. The minimum absolute atomic E-state index is 0.0808. The van der Waals surface area contributed by atoms with Crippen molar-refractivity contribution in [1.82, 2.24) is 4.37 Å². The summed E-state index contributed by atoms with van der Waals surface area (Å²) in [6.45, 7) is 0. The second-order valence-electron chi connectivity index (χ2n) is 7.60. The summed E-state index contributed by atoms with van der Waals surface area (Å²) in [7, 11) is 6.18. The van der Waals surface area contributed by atoms with Crippen LogP contribution in [0.2, 0.25) is 0 Å². The predicted octanol–water partition coefficient (Wildman–Crippen LogP) is 2.33. The topological polar surface area (TPSA) is 150 Å². The number of hydrogen-bond acceptors (Lipinski definition) is 8. The number of amides is 2. The van der Waals surface area contributed by atoms with Crippen molar-refractivity contribution in [2.24, 2.45) is 5.73 Å². The smallest absolute Gasteiger partial charge is 0.282 e. The van der Waals surface area contributed by atoms with E-state index in [9.17, 15) is 9.59 Å². The normalized spacial score (nSPS) is 11.5. The molecule has 0 radical (unpaired) electrons. The minimum Gasteiger partial charge on any atom is -0.495 e. The Labute approximate surface area is 207 Å². The first kappa shape index (κ1) is 25.8. The Morgan fingerprint density at radius 1 is 1.00 bits per heavy atom. The molecule has 0 saturated carbocycles. The fourth-order valence-electron chi connectivity index (χ4n) is 3.52. The number of ether oxygens (including phenoxy) is 4. The number of primary amides is 1. The number of aromatic nitrogens is 1. The third kappa shape index (κ3) is 5.81. The largest absolute Gasteiger partial charge is 0.495 e. The van der Waals surface area contributed by atoms with Crippen molar-refractivity contribution in [2.45, 2.75) is 18.9 Å². The summed E-state index contributed by atoms with van der Waals surface area (Å²) in [5, 5.41) is 4.77. The number of hydrogen-bond donors (Lipinski definition) is 3. The highest BCUT2D eigenvalue weighted by Gasteiger charge is 2.22. The molecule has 3 aromatic rings. The Morgan fingerprint density at radius 2 is 1.66 bits per heavy atom. The maximum Gasteiger partial charge on any atom is 0.282 e. The van der Waals surface area contributed by atoms with Gasteiger partial charge in [-0.05, 0) is 41.4 Å². The van der Waals surface area contributed by atoms with Gasteiger partial charge in [-0.1, -0.05) is 6.07 Å². The van der Waals surface area contributed by atoms with Crippen molar-refractivity contribution < 1.29 is 34.3 Å². The predicted molar refractivity (Wildman–Crippen MR) is 133 cm³/mol. The zero-order valence-corrected chi connectivity index (χ0v) is 20.9. The van der Waals surface area contributed by atoms with Crippen LogP contribution in [0.4, 0.5) is 5.69 Å². The molecule has 10 nitrogen and oxygen atoms in total. The standard InChI is InChI=1S/C24H28N4O6S/c1-31-18-7-5-13(9-17(18)27-24(30)16(25)6-8-21(26)29)15-12-35-28-22(15)14-10-19(32-2)23(34-4)20(11-14)33-3/h5,7,9-12,16H,6,8,25H2,1-4H3,(H2,26,29)(H,27,30)/p+1/t16-/m1/s1. The van der Waals surface area contributed by atoms with Gasteiger partial charge in [0, 0.05) is 29.3 Å². The van der Waals surface area contributed by atoms with Gasteiger partial charge in [0.2, 0.25) is 11.7 Å². The molecule has 0 aliphatic carbocycles. The second-order valence-corrected chi connectivity index (χ2v) is 8.23. The van der Waals surface area contributed by atoms with E-state index in [1.54, 1.807) is 27.4 Å². The van der Waals surface area contributed by atoms with Gasteiger partial charge in [-0.25, -0.2) is 0 Å². The van der Waals surface area contributed by atoms with Gasteiger partial charge < -0.3 is 35.7 Å². The molecule has 6 N–H and O–H groups in total. The molecule has 0 saturated heterocycles. The zero-order chi connectivity index (χ0) is 25.5. The number of nitrogens with two attached hydrogens (primary N) is 1. The summed E-state index contributed by atoms with van der Waals surface area (Å²) in [5.74, 6) is 1.19. The van der Waals surface area contributed by atoms with Crippen molar-refractivity contribution in [3.8, 4) is 45.4 Å². The lowest BCUT2D eigenvalue weighted by Crippen LogP contribution is -2.66. The van der Waals surface area contributed by atoms with Gasteiger partial charge in [0.1, 0.15) is 5.75 Å². The molecule has 2 amide bonds. The number of benzene rings is 2. The van der Waals surface area contributed by atoms with E-state index >= 15 is 0 Å². The highest BCUT2D eigenvalue weighted by molar-refractivity contribution is 7.04. The van der Waals surface area contributed by atoms with Crippen molar-refractivity contribution in [3.05, 3.63) is 35.7 Å². The maximum atomic E-state index is 12.6. The van der Waals surface area contributed by atoms with Gasteiger partial charge in [-0.3, -0.25) is 9.59 Å². The molecule has 35 heavy (non-hydrogen) atoms. The fourth-order valence-corrected chi connectivity index (χ4v) is 4.24. The number of carbonyl (C=O) groups is 2. The lowest BCUT2D eigenvalue weighted by molar-refractivity contribution is -0.403. The van der Waals surface area contributed by atoms with E-state index in [1.807, 2.05) is 29.6 Å². The highest BCUT2D eigenvalue weighted by Crippen LogP contribution is 2.44. The van der Waals surface area contributed by atoms with Gasteiger partial charge in [-0.15, -0.1) is 0 Å². The van der Waals surface area contributed by atoms with Crippen LogP contribution in [0.5, 0.6) is 23.0 Å². The van der Waals surface area contributed by atoms with Crippen LogP contribution in [-0.2, 0) is 9.59 Å². The summed E-state index contributed by atoms with van der Waals surface area (Å²) in [5.41, 5.74) is 12.7. The molecule has 1 heterocycles. The molecule has 11 heteroatoms. The van der Waals surface area contributed by atoms with Gasteiger partial charge in [0.25, 0.3) is 5.91 Å². The summed E-state index contributed by atoms with van der Waals surface area (Å²) in [6, 6.07) is 8.48. The number of rotatable bonds is 11. The summed E-state index contributed by atoms with van der Waals surface area (Å²) in [6.07, 6.45) is 0.334. The van der Waals surface area contributed by atoms with Crippen LogP contribution in [-0.4, -0.2) is 50.7 Å². The molecule has 2 aromatic carbocycles. The van der Waals surface area contributed by atoms with E-state index < -0.39 is 11.9 Å². The van der Waals surface area contributed by atoms with Crippen molar-refractivity contribution in [2.75, 3.05) is 33.8 Å². The average Bonchev–Trinajstić information content (AvgIpc) is 3.36. The zero-order valence-electron chi connectivity index (χ0n) is 20.0. The fraction of sp³-hybridized carbons (Fsp3) is 0.292. The molecule has 0 spiro atoms. The van der Waals surface area contributed by atoms with Gasteiger partial charge in [0.15, 0.2) is 17.5 Å². The molecule has 0 aliphatic rings. The quantitative estimate of drug-likeness (QED) is 0.365. The Balaban J connectivity index is 1.98. The van der Waals surface area contributed by atoms with Crippen molar-refractivity contribution >= 4 is 29.0 Å². The van der Waals surface area contributed by atoms with Crippen LogP contribution < -0.4 is 35.7 Å². The van der Waals surface area contributed by atoms with E-state index in [1.165, 1.54) is 18.6 Å². The Hall–Kier alpha value is -3.83. The minimum atomic E-state index is -0.645. The Morgan fingerprint density at radius 3 is 2.23 bits per heavy atom. The van der Waals surface area contributed by atoms with Crippen LogP contribution in [0.1, 0.15) is 12.8 Å². The lowest BCUT2D eigenvalue weighted by atomic mass is 10.0. The van der Waals surface area contributed by atoms with Gasteiger partial charge >= 0.3 is 0 Å². The number of quaternary nitrogens is 1. The molecule has 186 valence electrons. The number of carbonyl (C=O) groups excluding carboxylic acids is 2. The maximum absolute atomic E-state index is 12.6. The third-order valence-corrected chi connectivity index (χ3v) is 6.02. The summed E-state index contributed by atoms with van der Waals surface area (Å²) >= 11 is 1.30. The molecule has 0 unspecified atom stereocenters. The Bertz CT molecular complexity index is 1190. The van der Waals surface area contributed by atoms with E-state index in [0.717, 1.165) is 16.7 Å². The first-order valence-corrected chi connectivity index (χ1v) is 11.5. The van der Waals surface area contributed by atoms with Gasteiger partial charge in [-0.2, -0.15) is 4.37 Å². The van der Waals surface area contributed by atoms with E-state index in [-0.39, 0.29) is 18.7 Å². The van der Waals surface area contributed by atoms with Crippen LogP contribution in [0.3, 0.4) is 0 Å². The molecule has 0 bridgehead atoms. The lowest BCUT2D eigenvalue weighted by Gasteiger charge is -2.15. The molecular formula is C24H29N4O6S+. The average molecular weight is 502 g/mol. The number of nitrogens with zero attached hydrogens (tertiary/aromatic N) is 1. The Kier molecular flexibility index (Phi) is 8.50. The first-order chi connectivity index (χ1) is 16.8. The van der Waals surface area contributed by atoms with E-state index in [2.05, 4.69) is 15.4 Å². The SMILES string of the molecule is COc1ccc(-c2csnc2-c2cc(OC)c(OC)c(OC)c2)cc1NC(=O)[C@H]([NH3+])CCC(N)=O. The van der Waals surface area contributed by atoms with Crippen LogP contribution in [0.25, 0.3) is 22.4 Å². The summed E-state index contributed by atoms with van der Waals surface area (Å²) in [4.78, 5) is 23.7. The molecule has 1 aromatic heterocycles. The van der Waals surface area contributed by atoms with Crippen molar-refractivity contribution in [3.63, 3.8) is 0 Å². The molecular weight excluding hydrogens is 472 g/mol. The third-order valence-electron chi connectivity index (χ3n) is 5.39. The first-order valence-electron chi connectivity index (χ1n) is 10.7. The number of methoxy groups -OCH3 is 4. The number of nitrogens with one attached hydrogen (secondary N) is 1.